The Morgan fingerprint density at radius 2 is 2.00 bits per heavy atom. The molecule has 0 aromatic rings. The molecule has 1 heterocycles. The molecule has 2 fully saturated rings. The summed E-state index contributed by atoms with van der Waals surface area (Å²) in [7, 11) is 1.38. The van der Waals surface area contributed by atoms with Gasteiger partial charge in [-0.2, -0.15) is 0 Å². The predicted octanol–water partition coefficient (Wildman–Crippen LogP) is 2.95. The van der Waals surface area contributed by atoms with Gasteiger partial charge in [0.15, 0.2) is 6.29 Å². The first kappa shape index (κ1) is 22.6. The van der Waals surface area contributed by atoms with Crippen LogP contribution < -0.4 is 0 Å². The highest BCUT2D eigenvalue weighted by atomic mass is 16.7. The van der Waals surface area contributed by atoms with E-state index in [-0.39, 0.29) is 42.3 Å². The minimum absolute atomic E-state index is 0.119. The molecule has 1 saturated heterocycles. The van der Waals surface area contributed by atoms with Gasteiger partial charge >= 0.3 is 11.9 Å². The van der Waals surface area contributed by atoms with Crippen molar-refractivity contribution in [1.29, 1.82) is 0 Å². The summed E-state index contributed by atoms with van der Waals surface area (Å²) in [5.74, 6) is -1.03. The van der Waals surface area contributed by atoms with Gasteiger partial charge in [-0.25, -0.2) is 0 Å². The molecule has 5 atom stereocenters. The zero-order valence-corrected chi connectivity index (χ0v) is 16.8. The summed E-state index contributed by atoms with van der Waals surface area (Å²) in [6, 6.07) is 0. The zero-order valence-electron chi connectivity index (χ0n) is 16.8. The third-order valence-corrected chi connectivity index (χ3v) is 5.36. The van der Waals surface area contributed by atoms with E-state index in [0.717, 1.165) is 32.0 Å². The Morgan fingerprint density at radius 3 is 2.64 bits per heavy atom. The molecule has 2 rings (SSSR count). The molecule has 0 spiro atoms. The van der Waals surface area contributed by atoms with Gasteiger partial charge in [-0.1, -0.05) is 12.2 Å². The number of carbonyl (C=O) groups is 3. The molecule has 1 unspecified atom stereocenters. The molecule has 2 aliphatic rings. The molecule has 1 aliphatic carbocycles. The van der Waals surface area contributed by atoms with Crippen molar-refractivity contribution in [3.63, 3.8) is 0 Å². The third kappa shape index (κ3) is 7.02. The lowest BCUT2D eigenvalue weighted by molar-refractivity contribution is -0.195. The largest absolute Gasteiger partial charge is 0.469 e. The van der Waals surface area contributed by atoms with E-state index in [1.807, 2.05) is 12.2 Å². The number of allylic oxidation sites excluding steroid dienone is 2. The van der Waals surface area contributed by atoms with Gasteiger partial charge in [0.05, 0.1) is 13.2 Å². The lowest BCUT2D eigenvalue weighted by atomic mass is 9.91. The van der Waals surface area contributed by atoms with E-state index in [1.54, 1.807) is 0 Å². The second-order valence-corrected chi connectivity index (χ2v) is 7.41. The van der Waals surface area contributed by atoms with Crippen LogP contribution in [-0.4, -0.2) is 50.4 Å². The average molecular weight is 396 g/mol. The number of ether oxygens (including phenoxy) is 4. The molecule has 28 heavy (non-hydrogen) atoms. The van der Waals surface area contributed by atoms with Crippen LogP contribution in [0.4, 0.5) is 0 Å². The molecule has 1 aliphatic heterocycles. The second kappa shape index (κ2) is 12.0. The minimum atomic E-state index is -0.351. The molecular formula is C21H32O7. The Bertz CT molecular complexity index is 539. The summed E-state index contributed by atoms with van der Waals surface area (Å²) in [6.07, 6.45) is 9.85. The van der Waals surface area contributed by atoms with Gasteiger partial charge in [0.2, 0.25) is 0 Å². The Labute approximate surface area is 166 Å². The SMILES string of the molecule is COC(=O)CCC/C=C\C[C@H]1[C@H](C=O)[C@@H](OC2CCCCO2)C[C@@H]1OC(C)=O. The highest BCUT2D eigenvalue weighted by molar-refractivity contribution is 5.69. The Hall–Kier alpha value is -1.73. The Morgan fingerprint density at radius 1 is 1.18 bits per heavy atom. The first-order valence-electron chi connectivity index (χ1n) is 10.2. The molecule has 0 aromatic heterocycles. The first-order valence-corrected chi connectivity index (χ1v) is 10.2. The molecule has 0 aromatic carbocycles. The van der Waals surface area contributed by atoms with Gasteiger partial charge in [-0.3, -0.25) is 9.59 Å². The second-order valence-electron chi connectivity index (χ2n) is 7.41. The van der Waals surface area contributed by atoms with Gasteiger partial charge in [0, 0.05) is 38.2 Å². The number of hydrogen-bond acceptors (Lipinski definition) is 7. The van der Waals surface area contributed by atoms with E-state index in [9.17, 15) is 14.4 Å². The highest BCUT2D eigenvalue weighted by Gasteiger charge is 2.46. The van der Waals surface area contributed by atoms with Gasteiger partial charge in [0.1, 0.15) is 12.4 Å². The van der Waals surface area contributed by atoms with Crippen molar-refractivity contribution >= 4 is 18.2 Å². The monoisotopic (exact) mass is 396 g/mol. The van der Waals surface area contributed by atoms with Crippen molar-refractivity contribution in [2.24, 2.45) is 11.8 Å². The van der Waals surface area contributed by atoms with E-state index < -0.39 is 0 Å². The average Bonchev–Trinajstić information content (AvgIpc) is 3.00. The lowest BCUT2D eigenvalue weighted by Gasteiger charge is -2.27. The number of rotatable bonds is 10. The van der Waals surface area contributed by atoms with Crippen molar-refractivity contribution in [3.05, 3.63) is 12.2 Å². The summed E-state index contributed by atoms with van der Waals surface area (Å²) in [6.45, 7) is 2.06. The van der Waals surface area contributed by atoms with Crippen molar-refractivity contribution in [3.8, 4) is 0 Å². The molecule has 158 valence electrons. The van der Waals surface area contributed by atoms with Crippen LogP contribution in [0.3, 0.4) is 0 Å². The van der Waals surface area contributed by atoms with Gasteiger partial charge in [0.25, 0.3) is 0 Å². The summed E-state index contributed by atoms with van der Waals surface area (Å²) < 4.78 is 21.8. The van der Waals surface area contributed by atoms with Crippen LogP contribution in [0.15, 0.2) is 12.2 Å². The van der Waals surface area contributed by atoms with Crippen LogP contribution in [0.5, 0.6) is 0 Å². The fourth-order valence-electron chi connectivity index (χ4n) is 3.93. The van der Waals surface area contributed by atoms with E-state index in [4.69, 9.17) is 14.2 Å². The third-order valence-electron chi connectivity index (χ3n) is 5.36. The zero-order chi connectivity index (χ0) is 20.4. The molecule has 0 amide bonds. The first-order chi connectivity index (χ1) is 13.5. The molecule has 1 saturated carbocycles. The molecule has 0 N–H and O–H groups in total. The van der Waals surface area contributed by atoms with Crippen LogP contribution in [0.2, 0.25) is 0 Å². The number of unbranched alkanes of at least 4 members (excludes halogenated alkanes) is 1. The van der Waals surface area contributed by atoms with E-state index in [2.05, 4.69) is 4.74 Å². The highest BCUT2D eigenvalue weighted by Crippen LogP contribution is 2.39. The lowest BCUT2D eigenvalue weighted by Crippen LogP contribution is -2.32. The van der Waals surface area contributed by atoms with Crippen LogP contribution in [-0.2, 0) is 33.3 Å². The summed E-state index contributed by atoms with van der Waals surface area (Å²) in [5.41, 5.74) is 0. The number of esters is 2. The van der Waals surface area contributed by atoms with Crippen LogP contribution >= 0.6 is 0 Å². The van der Waals surface area contributed by atoms with Crippen molar-refractivity contribution < 1.29 is 33.3 Å². The van der Waals surface area contributed by atoms with Crippen LogP contribution in [0.1, 0.15) is 58.3 Å². The number of carbonyl (C=O) groups excluding carboxylic acids is 3. The van der Waals surface area contributed by atoms with Crippen LogP contribution in [0, 0.1) is 11.8 Å². The quantitative estimate of drug-likeness (QED) is 0.243. The van der Waals surface area contributed by atoms with Gasteiger partial charge in [-0.15, -0.1) is 0 Å². The fourth-order valence-corrected chi connectivity index (χ4v) is 3.93. The van der Waals surface area contributed by atoms with Crippen LogP contribution in [0.25, 0.3) is 0 Å². The van der Waals surface area contributed by atoms with E-state index in [1.165, 1.54) is 14.0 Å². The maximum atomic E-state index is 11.8. The predicted molar refractivity (Wildman–Crippen MR) is 101 cm³/mol. The number of methoxy groups -OCH3 is 1. The number of aldehydes is 1. The van der Waals surface area contributed by atoms with Crippen molar-refractivity contribution in [1.82, 2.24) is 0 Å². The molecule has 7 heteroatoms. The molecule has 0 bridgehead atoms. The van der Waals surface area contributed by atoms with E-state index >= 15 is 0 Å². The molecule has 7 nitrogen and oxygen atoms in total. The van der Waals surface area contributed by atoms with Gasteiger partial charge < -0.3 is 23.7 Å². The number of hydrogen-bond donors (Lipinski definition) is 0. The van der Waals surface area contributed by atoms with E-state index in [0.29, 0.717) is 32.3 Å². The standard InChI is InChI=1S/C21H32O7/c1-15(23)27-18-13-19(28-21-11-7-8-12-26-21)17(14-22)16(18)9-5-3-4-6-10-20(24)25-2/h3,5,14,16-19,21H,4,6-13H2,1-2H3/b5-3-/t16-,17-,18-,19-,21?/m0/s1. The van der Waals surface area contributed by atoms with Crippen molar-refractivity contribution in [2.45, 2.75) is 76.8 Å². The fraction of sp³-hybridized carbons (Fsp3) is 0.762. The van der Waals surface area contributed by atoms with Gasteiger partial charge in [-0.05, 0) is 38.5 Å². The molecule has 0 radical (unpaired) electrons. The Kier molecular flexibility index (Phi) is 9.64. The maximum Gasteiger partial charge on any atom is 0.305 e. The summed E-state index contributed by atoms with van der Waals surface area (Å²) in [5, 5.41) is 0. The topological polar surface area (TPSA) is 88.1 Å². The smallest absolute Gasteiger partial charge is 0.305 e. The maximum absolute atomic E-state index is 11.8. The normalized spacial score (nSPS) is 30.3. The minimum Gasteiger partial charge on any atom is -0.469 e. The Balaban J connectivity index is 1.91. The summed E-state index contributed by atoms with van der Waals surface area (Å²) >= 11 is 0. The summed E-state index contributed by atoms with van der Waals surface area (Å²) in [4.78, 5) is 34.4. The van der Waals surface area contributed by atoms with Crippen molar-refractivity contribution in [2.75, 3.05) is 13.7 Å². The molecular weight excluding hydrogens is 364 g/mol.